The van der Waals surface area contributed by atoms with Crippen molar-refractivity contribution in [1.29, 1.82) is 0 Å². The Kier molecular flexibility index (Phi) is 10.9. The molecule has 0 saturated carbocycles. The van der Waals surface area contributed by atoms with E-state index in [0.717, 1.165) is 11.1 Å². The first-order chi connectivity index (χ1) is 16.4. The number of rotatable bonds is 13. The second kappa shape index (κ2) is 14.1. The van der Waals surface area contributed by atoms with Crippen molar-refractivity contribution in [3.05, 3.63) is 65.7 Å². The van der Waals surface area contributed by atoms with Crippen molar-refractivity contribution < 1.29 is 23.9 Å². The van der Waals surface area contributed by atoms with Crippen molar-refractivity contribution in [2.75, 3.05) is 11.9 Å². The topological polar surface area (TPSA) is 152 Å². The van der Waals surface area contributed by atoms with Gasteiger partial charge in [0.1, 0.15) is 12.6 Å². The van der Waals surface area contributed by atoms with Gasteiger partial charge in [-0.05, 0) is 49.4 Å². The van der Waals surface area contributed by atoms with Crippen LogP contribution < -0.4 is 27.0 Å². The maximum Gasteiger partial charge on any atom is 0.407 e. The number of hydrogen-bond acceptors (Lipinski definition) is 5. The number of urea groups is 1. The van der Waals surface area contributed by atoms with E-state index in [2.05, 4.69) is 21.3 Å². The largest absolute Gasteiger partial charge is 0.445 e. The van der Waals surface area contributed by atoms with Gasteiger partial charge >= 0.3 is 12.1 Å². The highest BCUT2D eigenvalue weighted by atomic mass is 16.5. The molecule has 10 heteroatoms. The zero-order chi connectivity index (χ0) is 24.8. The number of hydrogen-bond donors (Lipinski definition) is 5. The van der Waals surface area contributed by atoms with Crippen LogP contribution in [0.3, 0.4) is 0 Å². The second-order valence-corrected chi connectivity index (χ2v) is 7.77. The van der Waals surface area contributed by atoms with Crippen LogP contribution in [-0.2, 0) is 27.4 Å². The fourth-order valence-electron chi connectivity index (χ4n) is 3.21. The van der Waals surface area contributed by atoms with E-state index in [0.29, 0.717) is 37.9 Å². The minimum atomic E-state index is -0.753. The van der Waals surface area contributed by atoms with Gasteiger partial charge in [-0.25, -0.2) is 9.59 Å². The number of carbonyl (C=O) groups is 4. The molecule has 2 aromatic rings. The summed E-state index contributed by atoms with van der Waals surface area (Å²) in [6.07, 6.45) is 1.44. The van der Waals surface area contributed by atoms with E-state index in [1.54, 1.807) is 24.3 Å². The molecular weight excluding hydrogens is 438 g/mol. The maximum atomic E-state index is 12.4. The van der Waals surface area contributed by atoms with E-state index in [1.165, 1.54) is 0 Å². The molecule has 0 aliphatic carbocycles. The van der Waals surface area contributed by atoms with Crippen LogP contribution in [0.1, 0.15) is 30.9 Å². The lowest BCUT2D eigenvalue weighted by molar-refractivity contribution is -0.121. The third-order valence-corrected chi connectivity index (χ3v) is 4.89. The van der Waals surface area contributed by atoms with E-state index in [9.17, 15) is 19.2 Å². The number of ether oxygens (including phenoxy) is 1. The molecular formula is C24H31N5O5. The molecule has 0 bridgehead atoms. The Morgan fingerprint density at radius 1 is 1.03 bits per heavy atom. The molecule has 0 aliphatic rings. The van der Waals surface area contributed by atoms with Gasteiger partial charge in [-0.1, -0.05) is 42.5 Å². The molecule has 0 spiro atoms. The van der Waals surface area contributed by atoms with Crippen LogP contribution in [0.2, 0.25) is 0 Å². The summed E-state index contributed by atoms with van der Waals surface area (Å²) in [5, 5.41) is 10.4. The molecule has 6 N–H and O–H groups in total. The normalized spacial score (nSPS) is 12.0. The smallest absolute Gasteiger partial charge is 0.407 e. The molecule has 0 heterocycles. The van der Waals surface area contributed by atoms with Gasteiger partial charge in [-0.3, -0.25) is 9.59 Å². The van der Waals surface area contributed by atoms with Gasteiger partial charge in [-0.15, -0.1) is 0 Å². The van der Waals surface area contributed by atoms with Crippen molar-refractivity contribution in [3.63, 3.8) is 0 Å². The van der Waals surface area contributed by atoms with Crippen LogP contribution in [-0.4, -0.2) is 43.1 Å². The Morgan fingerprint density at radius 3 is 2.38 bits per heavy atom. The molecule has 2 unspecified atom stereocenters. The van der Waals surface area contributed by atoms with Crippen LogP contribution in [0.4, 0.5) is 15.3 Å². The molecule has 5 amide bonds. The summed E-state index contributed by atoms with van der Waals surface area (Å²) < 4.78 is 5.27. The third-order valence-electron chi connectivity index (χ3n) is 4.89. The van der Waals surface area contributed by atoms with Gasteiger partial charge in [0.2, 0.25) is 12.3 Å². The molecule has 0 radical (unpaired) electrons. The maximum absolute atomic E-state index is 12.4. The monoisotopic (exact) mass is 469 g/mol. The fourth-order valence-corrected chi connectivity index (χ4v) is 3.21. The number of carbonyl (C=O) groups excluding carboxylic acids is 4. The predicted octanol–water partition coefficient (Wildman–Crippen LogP) is 2.05. The SMILES string of the molecule is CC(Cc1ccccc1)NC(=O)OCc1ccc(NC(=O)C(CCCNC(N)=O)NC=O)cc1. The molecule has 0 fully saturated rings. The lowest BCUT2D eigenvalue weighted by Gasteiger charge is -2.16. The molecule has 0 aromatic heterocycles. The summed E-state index contributed by atoms with van der Waals surface area (Å²) in [7, 11) is 0. The number of anilines is 1. The van der Waals surface area contributed by atoms with E-state index < -0.39 is 18.2 Å². The molecule has 10 nitrogen and oxygen atoms in total. The lowest BCUT2D eigenvalue weighted by Crippen LogP contribution is -2.40. The number of primary amides is 1. The first-order valence-corrected chi connectivity index (χ1v) is 11.0. The molecule has 182 valence electrons. The zero-order valence-electron chi connectivity index (χ0n) is 19.1. The fraction of sp³-hybridized carbons (Fsp3) is 0.333. The average molecular weight is 470 g/mol. The number of alkyl carbamates (subject to hydrolysis) is 1. The van der Waals surface area contributed by atoms with E-state index >= 15 is 0 Å². The van der Waals surface area contributed by atoms with E-state index in [1.807, 2.05) is 37.3 Å². The number of benzene rings is 2. The van der Waals surface area contributed by atoms with Crippen LogP contribution in [0, 0.1) is 0 Å². The minimum absolute atomic E-state index is 0.0769. The van der Waals surface area contributed by atoms with Crippen molar-refractivity contribution >= 4 is 30.1 Å². The Balaban J connectivity index is 1.76. The summed E-state index contributed by atoms with van der Waals surface area (Å²) in [5.74, 6) is -0.387. The highest BCUT2D eigenvalue weighted by Crippen LogP contribution is 2.12. The Bertz CT molecular complexity index is 937. The Morgan fingerprint density at radius 2 is 1.74 bits per heavy atom. The third kappa shape index (κ3) is 10.0. The van der Waals surface area contributed by atoms with Crippen molar-refractivity contribution in [2.45, 2.75) is 44.9 Å². The van der Waals surface area contributed by atoms with Gasteiger partial charge in [0.15, 0.2) is 0 Å². The van der Waals surface area contributed by atoms with Gasteiger partial charge in [0.25, 0.3) is 0 Å². The second-order valence-electron chi connectivity index (χ2n) is 7.77. The number of nitrogens with one attached hydrogen (secondary N) is 4. The van der Waals surface area contributed by atoms with Crippen LogP contribution >= 0.6 is 0 Å². The summed E-state index contributed by atoms with van der Waals surface area (Å²) in [4.78, 5) is 46.0. The lowest BCUT2D eigenvalue weighted by atomic mass is 10.1. The quantitative estimate of drug-likeness (QED) is 0.225. The van der Waals surface area contributed by atoms with E-state index in [4.69, 9.17) is 10.5 Å². The van der Waals surface area contributed by atoms with Crippen LogP contribution in [0.15, 0.2) is 54.6 Å². The number of nitrogens with two attached hydrogens (primary N) is 1. The predicted molar refractivity (Wildman–Crippen MR) is 128 cm³/mol. The average Bonchev–Trinajstić information content (AvgIpc) is 2.81. The van der Waals surface area contributed by atoms with Crippen LogP contribution in [0.5, 0.6) is 0 Å². The summed E-state index contributed by atoms with van der Waals surface area (Å²) in [5.41, 5.74) is 7.41. The molecule has 0 aliphatic heterocycles. The summed E-state index contributed by atoms with van der Waals surface area (Å²) >= 11 is 0. The molecule has 2 atom stereocenters. The Hall–Kier alpha value is -4.08. The zero-order valence-corrected chi connectivity index (χ0v) is 19.1. The van der Waals surface area contributed by atoms with Gasteiger partial charge in [0.05, 0.1) is 0 Å². The number of amides is 5. The highest BCUT2D eigenvalue weighted by molar-refractivity contribution is 5.95. The van der Waals surface area contributed by atoms with Gasteiger partial charge in [-0.2, -0.15) is 0 Å². The first kappa shape index (κ1) is 26.2. The van der Waals surface area contributed by atoms with Crippen molar-refractivity contribution in [1.82, 2.24) is 16.0 Å². The van der Waals surface area contributed by atoms with Crippen LogP contribution in [0.25, 0.3) is 0 Å². The Labute approximate surface area is 198 Å². The standard InChI is InChI=1S/C24H31N5O5/c1-17(14-18-6-3-2-4-7-18)28-24(33)34-15-19-9-11-20(12-10-19)29-22(31)21(27-16-30)8-5-13-26-23(25)32/h2-4,6-7,9-12,16-17,21H,5,8,13-15H2,1H3,(H,27,30)(H,28,33)(H,29,31)(H3,25,26,32). The van der Waals surface area contributed by atoms with Crippen molar-refractivity contribution in [2.24, 2.45) is 5.73 Å². The molecule has 34 heavy (non-hydrogen) atoms. The van der Waals surface area contributed by atoms with Gasteiger partial charge in [0, 0.05) is 18.3 Å². The van der Waals surface area contributed by atoms with E-state index in [-0.39, 0.29) is 18.6 Å². The molecule has 2 aromatic carbocycles. The van der Waals surface area contributed by atoms with Crippen molar-refractivity contribution in [3.8, 4) is 0 Å². The first-order valence-electron chi connectivity index (χ1n) is 11.0. The molecule has 2 rings (SSSR count). The minimum Gasteiger partial charge on any atom is -0.445 e. The summed E-state index contributed by atoms with van der Waals surface area (Å²) in [6.45, 7) is 2.29. The summed E-state index contributed by atoms with van der Waals surface area (Å²) in [6, 6.07) is 15.2. The molecule has 0 saturated heterocycles. The highest BCUT2D eigenvalue weighted by Gasteiger charge is 2.17. The van der Waals surface area contributed by atoms with Gasteiger partial charge < -0.3 is 31.7 Å².